The van der Waals surface area contributed by atoms with Crippen molar-refractivity contribution in [1.29, 1.82) is 0 Å². The van der Waals surface area contributed by atoms with E-state index in [-0.39, 0.29) is 5.92 Å². The third-order valence-electron chi connectivity index (χ3n) is 2.87. The molecule has 0 aliphatic carbocycles. The largest absolute Gasteiger partial charge is 0.481 e. The molecule has 0 bridgehead atoms. The van der Waals surface area contributed by atoms with Gasteiger partial charge in [0.05, 0.1) is 12.0 Å². The molecule has 0 amide bonds. The van der Waals surface area contributed by atoms with Crippen LogP contribution in [0.5, 0.6) is 0 Å². The molecule has 94 valence electrons. The maximum atomic E-state index is 11.1. The Kier molecular flexibility index (Phi) is 4.71. The summed E-state index contributed by atoms with van der Waals surface area (Å²) in [6, 6.07) is 5.39. The second-order valence-corrected chi connectivity index (χ2v) is 5.42. The highest BCUT2D eigenvalue weighted by Gasteiger charge is 2.30. The Labute approximate surface area is 110 Å². The van der Waals surface area contributed by atoms with Crippen molar-refractivity contribution in [2.24, 2.45) is 11.8 Å². The second kappa shape index (κ2) is 5.65. The third kappa shape index (κ3) is 3.30. The van der Waals surface area contributed by atoms with Crippen LogP contribution in [0.25, 0.3) is 0 Å². The van der Waals surface area contributed by atoms with E-state index < -0.39 is 18.0 Å². The van der Waals surface area contributed by atoms with Gasteiger partial charge in [-0.1, -0.05) is 41.9 Å². The Balaban J connectivity index is 3.05. The summed E-state index contributed by atoms with van der Waals surface area (Å²) in [5.41, 5.74) is 1.63. The predicted molar refractivity (Wildman–Crippen MR) is 69.8 cm³/mol. The van der Waals surface area contributed by atoms with Crippen molar-refractivity contribution in [2.75, 3.05) is 0 Å². The van der Waals surface area contributed by atoms with Crippen LogP contribution in [-0.4, -0.2) is 16.2 Å². The SMILES string of the molecule is Cc1cc(C(O)C(C(=O)O)C(C)C)ccc1Br. The summed E-state index contributed by atoms with van der Waals surface area (Å²) in [5, 5.41) is 19.3. The molecule has 0 saturated heterocycles. The molecule has 1 aromatic rings. The number of benzene rings is 1. The molecule has 2 unspecified atom stereocenters. The molecule has 4 heteroatoms. The molecule has 0 radical (unpaired) electrons. The molecular weight excluding hydrogens is 284 g/mol. The van der Waals surface area contributed by atoms with Gasteiger partial charge >= 0.3 is 5.97 Å². The second-order valence-electron chi connectivity index (χ2n) is 4.56. The van der Waals surface area contributed by atoms with Gasteiger partial charge in [0.1, 0.15) is 0 Å². The minimum atomic E-state index is -0.973. The van der Waals surface area contributed by atoms with Crippen LogP contribution < -0.4 is 0 Å². The zero-order chi connectivity index (χ0) is 13.2. The molecule has 0 fully saturated rings. The van der Waals surface area contributed by atoms with Crippen molar-refractivity contribution in [3.63, 3.8) is 0 Å². The number of aliphatic carboxylic acids is 1. The Morgan fingerprint density at radius 1 is 1.35 bits per heavy atom. The van der Waals surface area contributed by atoms with Crippen molar-refractivity contribution < 1.29 is 15.0 Å². The van der Waals surface area contributed by atoms with Crippen LogP contribution in [0.15, 0.2) is 22.7 Å². The molecule has 3 nitrogen and oxygen atoms in total. The number of halogens is 1. The highest BCUT2D eigenvalue weighted by atomic mass is 79.9. The van der Waals surface area contributed by atoms with Gasteiger partial charge in [-0.25, -0.2) is 0 Å². The zero-order valence-corrected chi connectivity index (χ0v) is 11.7. The van der Waals surface area contributed by atoms with Gasteiger partial charge in [0.25, 0.3) is 0 Å². The summed E-state index contributed by atoms with van der Waals surface area (Å²) in [6.07, 6.45) is -0.973. The van der Waals surface area contributed by atoms with E-state index >= 15 is 0 Å². The molecule has 2 N–H and O–H groups in total. The molecule has 0 aromatic heterocycles. The zero-order valence-electron chi connectivity index (χ0n) is 10.1. The van der Waals surface area contributed by atoms with E-state index in [0.717, 1.165) is 10.0 Å². The summed E-state index contributed by atoms with van der Waals surface area (Å²) < 4.78 is 0.949. The van der Waals surface area contributed by atoms with Crippen LogP contribution in [0.1, 0.15) is 31.1 Å². The van der Waals surface area contributed by atoms with Crippen molar-refractivity contribution >= 4 is 21.9 Å². The van der Waals surface area contributed by atoms with Gasteiger partial charge in [0.2, 0.25) is 0 Å². The average molecular weight is 301 g/mol. The number of hydrogen-bond acceptors (Lipinski definition) is 2. The van der Waals surface area contributed by atoms with E-state index in [1.807, 2.05) is 19.1 Å². The number of aryl methyl sites for hydroxylation is 1. The monoisotopic (exact) mass is 300 g/mol. The van der Waals surface area contributed by atoms with Crippen LogP contribution in [0.4, 0.5) is 0 Å². The lowest BCUT2D eigenvalue weighted by Gasteiger charge is -2.23. The topological polar surface area (TPSA) is 57.5 Å². The first-order chi connectivity index (χ1) is 7.84. The summed E-state index contributed by atoms with van der Waals surface area (Å²) in [7, 11) is 0. The Bertz CT molecular complexity index is 415. The van der Waals surface area contributed by atoms with Gasteiger partial charge in [0.15, 0.2) is 0 Å². The summed E-state index contributed by atoms with van der Waals surface area (Å²) in [4.78, 5) is 11.1. The molecule has 1 aromatic carbocycles. The van der Waals surface area contributed by atoms with Crippen LogP contribution in [-0.2, 0) is 4.79 Å². The molecule has 1 rings (SSSR count). The number of aliphatic hydroxyl groups excluding tert-OH is 1. The average Bonchev–Trinajstić information content (AvgIpc) is 2.20. The molecule has 17 heavy (non-hydrogen) atoms. The van der Waals surface area contributed by atoms with Crippen molar-refractivity contribution in [1.82, 2.24) is 0 Å². The summed E-state index contributed by atoms with van der Waals surface area (Å²) in [6.45, 7) is 5.51. The fraction of sp³-hybridized carbons (Fsp3) is 0.462. The van der Waals surface area contributed by atoms with Crippen molar-refractivity contribution in [2.45, 2.75) is 26.9 Å². The molecule has 0 heterocycles. The maximum absolute atomic E-state index is 11.1. The van der Waals surface area contributed by atoms with Gasteiger partial charge in [-0.2, -0.15) is 0 Å². The van der Waals surface area contributed by atoms with Crippen molar-refractivity contribution in [3.8, 4) is 0 Å². The lowest BCUT2D eigenvalue weighted by atomic mass is 9.86. The van der Waals surface area contributed by atoms with Gasteiger partial charge in [-0.15, -0.1) is 0 Å². The van der Waals surface area contributed by atoms with Crippen LogP contribution in [0, 0.1) is 18.8 Å². The molecule has 0 saturated carbocycles. The summed E-state index contributed by atoms with van der Waals surface area (Å²) in [5.74, 6) is -1.87. The summed E-state index contributed by atoms with van der Waals surface area (Å²) >= 11 is 3.38. The van der Waals surface area contributed by atoms with Gasteiger partial charge in [0, 0.05) is 4.47 Å². The minimum absolute atomic E-state index is 0.119. The van der Waals surface area contributed by atoms with E-state index in [9.17, 15) is 9.90 Å². The first-order valence-corrected chi connectivity index (χ1v) is 6.30. The fourth-order valence-electron chi connectivity index (χ4n) is 1.84. The minimum Gasteiger partial charge on any atom is -0.481 e. The van der Waals surface area contributed by atoms with Gasteiger partial charge in [-0.05, 0) is 30.0 Å². The highest BCUT2D eigenvalue weighted by molar-refractivity contribution is 9.10. The van der Waals surface area contributed by atoms with Crippen LogP contribution >= 0.6 is 15.9 Å². The molecule has 0 aliphatic rings. The van der Waals surface area contributed by atoms with E-state index in [0.29, 0.717) is 5.56 Å². The number of aliphatic hydroxyl groups is 1. The normalized spacial score (nSPS) is 14.7. The standard InChI is InChI=1S/C13H17BrO3/c1-7(2)11(13(16)17)12(15)9-4-5-10(14)8(3)6-9/h4-7,11-12,15H,1-3H3,(H,16,17). The smallest absolute Gasteiger partial charge is 0.309 e. The number of carboxylic acids is 1. The maximum Gasteiger partial charge on any atom is 0.309 e. The number of hydrogen-bond donors (Lipinski definition) is 2. The fourth-order valence-corrected chi connectivity index (χ4v) is 2.09. The molecule has 2 atom stereocenters. The van der Waals surface area contributed by atoms with Gasteiger partial charge in [-0.3, -0.25) is 4.79 Å². The van der Waals surface area contributed by atoms with E-state index in [1.54, 1.807) is 19.9 Å². The Morgan fingerprint density at radius 3 is 2.35 bits per heavy atom. The first kappa shape index (κ1) is 14.2. The lowest BCUT2D eigenvalue weighted by molar-refractivity contribution is -0.148. The Morgan fingerprint density at radius 2 is 1.94 bits per heavy atom. The van der Waals surface area contributed by atoms with Crippen LogP contribution in [0.2, 0.25) is 0 Å². The molecule has 0 aliphatic heterocycles. The highest BCUT2D eigenvalue weighted by Crippen LogP contribution is 2.30. The van der Waals surface area contributed by atoms with E-state index in [2.05, 4.69) is 15.9 Å². The number of carbonyl (C=O) groups is 1. The van der Waals surface area contributed by atoms with E-state index in [4.69, 9.17) is 5.11 Å². The van der Waals surface area contributed by atoms with E-state index in [1.165, 1.54) is 0 Å². The first-order valence-electron chi connectivity index (χ1n) is 5.51. The molecular formula is C13H17BrO3. The third-order valence-corrected chi connectivity index (χ3v) is 3.76. The quantitative estimate of drug-likeness (QED) is 0.898. The van der Waals surface area contributed by atoms with Gasteiger partial charge < -0.3 is 10.2 Å². The number of rotatable bonds is 4. The lowest BCUT2D eigenvalue weighted by Crippen LogP contribution is -2.26. The molecule has 0 spiro atoms. The van der Waals surface area contributed by atoms with Crippen molar-refractivity contribution in [3.05, 3.63) is 33.8 Å². The predicted octanol–water partition coefficient (Wildman–Crippen LogP) is 3.15. The Hall–Kier alpha value is -0.870. The van der Waals surface area contributed by atoms with Crippen LogP contribution in [0.3, 0.4) is 0 Å². The number of carboxylic acid groups (broad SMARTS) is 1.